The minimum Gasteiger partial charge on any atom is -0.443 e. The third-order valence-electron chi connectivity index (χ3n) is 6.84. The van der Waals surface area contributed by atoms with Gasteiger partial charge in [0.15, 0.2) is 0 Å². The molecule has 6 nitrogen and oxygen atoms in total. The predicted molar refractivity (Wildman–Crippen MR) is 112 cm³/mol. The quantitative estimate of drug-likeness (QED) is 0.613. The van der Waals surface area contributed by atoms with Gasteiger partial charge in [0.05, 0.1) is 0 Å². The van der Waals surface area contributed by atoms with Crippen molar-refractivity contribution in [2.45, 2.75) is 69.9 Å². The van der Waals surface area contributed by atoms with E-state index in [0.29, 0.717) is 36.4 Å². The smallest absolute Gasteiger partial charge is 0.408 e. The summed E-state index contributed by atoms with van der Waals surface area (Å²) in [6.45, 7) is 2.58. The fourth-order valence-corrected chi connectivity index (χ4v) is 6.06. The van der Waals surface area contributed by atoms with Crippen LogP contribution >= 0.6 is 0 Å². The van der Waals surface area contributed by atoms with Crippen LogP contribution < -0.4 is 16.4 Å². The highest BCUT2D eigenvalue weighted by Crippen LogP contribution is 2.57. The van der Waals surface area contributed by atoms with Gasteiger partial charge in [-0.2, -0.15) is 0 Å². The molecule has 0 aromatic heterocycles. The van der Waals surface area contributed by atoms with Crippen molar-refractivity contribution in [3.8, 4) is 0 Å². The first-order valence-electron chi connectivity index (χ1n) is 11.1. The van der Waals surface area contributed by atoms with E-state index in [0.717, 1.165) is 31.2 Å². The van der Waals surface area contributed by atoms with Crippen LogP contribution in [0.3, 0.4) is 0 Å². The maximum absolute atomic E-state index is 12.8. The molecule has 0 aliphatic heterocycles. The van der Waals surface area contributed by atoms with Gasteiger partial charge in [-0.1, -0.05) is 19.1 Å². The maximum Gasteiger partial charge on any atom is 0.408 e. The zero-order valence-corrected chi connectivity index (χ0v) is 17.3. The van der Waals surface area contributed by atoms with Crippen LogP contribution in [0.2, 0.25) is 0 Å². The Bertz CT molecular complexity index is 728. The molecule has 1 atom stereocenters. The molecule has 4 aliphatic carbocycles. The number of ether oxygens (including phenoxy) is 1. The summed E-state index contributed by atoms with van der Waals surface area (Å²) in [4.78, 5) is 25.5. The Morgan fingerprint density at radius 2 is 1.83 bits per heavy atom. The molecule has 0 heterocycles. The van der Waals surface area contributed by atoms with E-state index in [1.165, 1.54) is 19.3 Å². The van der Waals surface area contributed by atoms with Crippen LogP contribution in [0.25, 0.3) is 0 Å². The van der Waals surface area contributed by atoms with Crippen molar-refractivity contribution in [2.75, 3.05) is 12.3 Å². The summed E-state index contributed by atoms with van der Waals surface area (Å²) in [6.07, 6.45) is 7.58. The molecule has 6 heteroatoms. The molecule has 0 unspecified atom stereocenters. The molecular formula is C23H33N3O3. The lowest BCUT2D eigenvalue weighted by molar-refractivity contribution is -0.131. The summed E-state index contributed by atoms with van der Waals surface area (Å²) in [5, 5.41) is 5.75. The first-order valence-corrected chi connectivity index (χ1v) is 11.1. The Balaban J connectivity index is 1.42. The van der Waals surface area contributed by atoms with Crippen molar-refractivity contribution in [3.05, 3.63) is 29.8 Å². The summed E-state index contributed by atoms with van der Waals surface area (Å²) in [7, 11) is 0. The number of nitrogens with one attached hydrogen (secondary N) is 2. The molecule has 4 saturated carbocycles. The van der Waals surface area contributed by atoms with E-state index in [1.807, 2.05) is 31.2 Å². The zero-order valence-electron chi connectivity index (χ0n) is 17.3. The molecule has 0 radical (unpaired) electrons. The van der Waals surface area contributed by atoms with E-state index >= 15 is 0 Å². The molecule has 4 N–H and O–H groups in total. The number of hydrogen-bond donors (Lipinski definition) is 3. The fraction of sp³-hybridized carbons (Fsp3) is 0.652. The second-order valence-electron chi connectivity index (χ2n) is 9.43. The van der Waals surface area contributed by atoms with Gasteiger partial charge < -0.3 is 21.1 Å². The SMILES string of the molecule is CCCNC(=O)[C@H](Cc1cccc(N)c1)NC(=O)OC12CC3CC(CC(C3)C1)C2. The van der Waals surface area contributed by atoms with Gasteiger partial charge in [0.2, 0.25) is 5.91 Å². The van der Waals surface area contributed by atoms with Crippen molar-refractivity contribution in [2.24, 2.45) is 17.8 Å². The van der Waals surface area contributed by atoms with Crippen molar-refractivity contribution in [1.29, 1.82) is 0 Å². The van der Waals surface area contributed by atoms with E-state index in [-0.39, 0.29) is 11.5 Å². The van der Waals surface area contributed by atoms with Gasteiger partial charge in [0.1, 0.15) is 11.6 Å². The Kier molecular flexibility index (Phi) is 5.70. The highest BCUT2D eigenvalue weighted by atomic mass is 16.6. The van der Waals surface area contributed by atoms with Crippen molar-refractivity contribution < 1.29 is 14.3 Å². The number of hydrogen-bond acceptors (Lipinski definition) is 4. The number of nitrogens with two attached hydrogens (primary N) is 1. The van der Waals surface area contributed by atoms with Gasteiger partial charge >= 0.3 is 6.09 Å². The van der Waals surface area contributed by atoms with Gasteiger partial charge in [0, 0.05) is 18.7 Å². The Morgan fingerprint density at radius 3 is 2.41 bits per heavy atom. The van der Waals surface area contributed by atoms with Gasteiger partial charge in [0.25, 0.3) is 0 Å². The summed E-state index contributed by atoms with van der Waals surface area (Å²) in [6, 6.07) is 6.75. The molecule has 0 spiro atoms. The number of rotatable bonds is 7. The standard InChI is InChI=1S/C23H33N3O3/c1-2-6-25-21(27)20(11-15-4-3-5-19(24)10-15)26-22(28)29-23-12-16-7-17(13-23)9-18(8-16)14-23/h3-5,10,16-18,20H,2,6-9,11-14,24H2,1H3,(H,25,27)(H,26,28)/t16?,17?,18?,20-,23?/m0/s1. The molecule has 29 heavy (non-hydrogen) atoms. The third kappa shape index (κ3) is 4.68. The van der Waals surface area contributed by atoms with E-state index in [4.69, 9.17) is 10.5 Å². The van der Waals surface area contributed by atoms with Crippen LogP contribution in [-0.2, 0) is 16.0 Å². The second-order valence-corrected chi connectivity index (χ2v) is 9.43. The molecule has 1 aromatic carbocycles. The first kappa shape index (κ1) is 20.0. The monoisotopic (exact) mass is 399 g/mol. The topological polar surface area (TPSA) is 93.5 Å². The Morgan fingerprint density at radius 1 is 1.17 bits per heavy atom. The second kappa shape index (κ2) is 8.25. The van der Waals surface area contributed by atoms with Gasteiger partial charge in [-0.25, -0.2) is 4.79 Å². The highest BCUT2D eigenvalue weighted by molar-refractivity contribution is 5.86. The van der Waals surface area contributed by atoms with E-state index < -0.39 is 12.1 Å². The normalized spacial score (nSPS) is 30.6. The first-order chi connectivity index (χ1) is 13.9. The minimum absolute atomic E-state index is 0.184. The number of benzene rings is 1. The molecule has 4 aliphatic rings. The molecule has 1 aromatic rings. The lowest BCUT2D eigenvalue weighted by Gasteiger charge is -2.55. The molecule has 2 amide bonds. The predicted octanol–water partition coefficient (Wildman–Crippen LogP) is 3.40. The van der Waals surface area contributed by atoms with Gasteiger partial charge in [-0.15, -0.1) is 0 Å². The van der Waals surface area contributed by atoms with Gasteiger partial charge in [-0.3, -0.25) is 4.79 Å². The molecule has 4 bridgehead atoms. The lowest BCUT2D eigenvalue weighted by Crippen LogP contribution is -2.55. The molecule has 5 rings (SSSR count). The summed E-state index contributed by atoms with van der Waals surface area (Å²) in [5.74, 6) is 1.91. The average molecular weight is 400 g/mol. The van der Waals surface area contributed by atoms with Crippen LogP contribution in [0.5, 0.6) is 0 Å². The fourth-order valence-electron chi connectivity index (χ4n) is 6.06. The number of alkyl carbamates (subject to hydrolysis) is 1. The summed E-state index contributed by atoms with van der Waals surface area (Å²) >= 11 is 0. The molecule has 158 valence electrons. The highest BCUT2D eigenvalue weighted by Gasteiger charge is 2.53. The van der Waals surface area contributed by atoms with Crippen LogP contribution in [0, 0.1) is 17.8 Å². The number of carbonyl (C=O) groups excluding carboxylic acids is 2. The Hall–Kier alpha value is -2.24. The number of amides is 2. The van der Waals surface area contributed by atoms with Crippen LogP contribution in [0.15, 0.2) is 24.3 Å². The average Bonchev–Trinajstić information content (AvgIpc) is 2.64. The number of anilines is 1. The lowest BCUT2D eigenvalue weighted by atomic mass is 9.54. The molecular weight excluding hydrogens is 366 g/mol. The largest absolute Gasteiger partial charge is 0.443 e. The minimum atomic E-state index is -0.676. The Labute approximate surface area is 172 Å². The van der Waals surface area contributed by atoms with Crippen molar-refractivity contribution >= 4 is 17.7 Å². The van der Waals surface area contributed by atoms with E-state index in [9.17, 15) is 9.59 Å². The number of carbonyl (C=O) groups is 2. The van der Waals surface area contributed by atoms with Crippen LogP contribution in [-0.4, -0.2) is 30.2 Å². The molecule has 4 fully saturated rings. The maximum atomic E-state index is 12.8. The van der Waals surface area contributed by atoms with E-state index in [1.54, 1.807) is 0 Å². The van der Waals surface area contributed by atoms with Gasteiger partial charge in [-0.05, 0) is 80.4 Å². The van der Waals surface area contributed by atoms with Crippen LogP contribution in [0.4, 0.5) is 10.5 Å². The van der Waals surface area contributed by atoms with Crippen molar-refractivity contribution in [3.63, 3.8) is 0 Å². The zero-order chi connectivity index (χ0) is 20.4. The van der Waals surface area contributed by atoms with Crippen molar-refractivity contribution in [1.82, 2.24) is 10.6 Å². The van der Waals surface area contributed by atoms with E-state index in [2.05, 4.69) is 10.6 Å². The summed E-state index contributed by atoms with van der Waals surface area (Å²) in [5.41, 5.74) is 7.11. The van der Waals surface area contributed by atoms with Crippen LogP contribution in [0.1, 0.15) is 57.4 Å². The third-order valence-corrected chi connectivity index (χ3v) is 6.84. The summed E-state index contributed by atoms with van der Waals surface area (Å²) < 4.78 is 6.04. The molecule has 0 saturated heterocycles. The number of nitrogen functional groups attached to an aromatic ring is 1.